The van der Waals surface area contributed by atoms with Crippen molar-refractivity contribution in [2.24, 2.45) is 0 Å². The lowest BCUT2D eigenvalue weighted by molar-refractivity contribution is -0.118. The minimum absolute atomic E-state index is 0.110. The minimum Gasteiger partial charge on any atom is -0.475 e. The van der Waals surface area contributed by atoms with Crippen molar-refractivity contribution in [2.45, 2.75) is 37.6 Å². The van der Waals surface area contributed by atoms with Crippen molar-refractivity contribution in [3.05, 3.63) is 53.5 Å². The standard InChI is InChI=1S/C18H21NO4S/c1-18(2,3)12-4-7-14(8-5-12)24-11-16(20)19-10-13-6-9-15(23-13)17(21)22/h4-9H,10-11H2,1-3H3,(H,19,20)(H,21,22). The van der Waals surface area contributed by atoms with Crippen molar-refractivity contribution in [3.8, 4) is 0 Å². The Bertz CT molecular complexity index is 713. The van der Waals surface area contributed by atoms with E-state index in [9.17, 15) is 9.59 Å². The Morgan fingerprint density at radius 3 is 2.33 bits per heavy atom. The van der Waals surface area contributed by atoms with Gasteiger partial charge in [-0.2, -0.15) is 0 Å². The molecule has 2 aromatic rings. The number of amides is 1. The molecule has 0 spiro atoms. The normalized spacial score (nSPS) is 11.3. The van der Waals surface area contributed by atoms with Crippen LogP contribution >= 0.6 is 11.8 Å². The molecule has 0 bridgehead atoms. The van der Waals surface area contributed by atoms with Crippen molar-refractivity contribution in [1.82, 2.24) is 5.32 Å². The number of furan rings is 1. The Morgan fingerprint density at radius 2 is 1.79 bits per heavy atom. The van der Waals surface area contributed by atoms with Crippen LogP contribution in [0.4, 0.5) is 0 Å². The quantitative estimate of drug-likeness (QED) is 0.779. The van der Waals surface area contributed by atoms with Gasteiger partial charge in [0, 0.05) is 4.90 Å². The van der Waals surface area contributed by atoms with Crippen molar-refractivity contribution in [2.75, 3.05) is 5.75 Å². The van der Waals surface area contributed by atoms with E-state index in [0.29, 0.717) is 11.5 Å². The molecule has 0 radical (unpaired) electrons. The lowest BCUT2D eigenvalue weighted by Crippen LogP contribution is -2.24. The monoisotopic (exact) mass is 347 g/mol. The second-order valence-electron chi connectivity index (χ2n) is 6.41. The molecule has 6 heteroatoms. The molecule has 5 nitrogen and oxygen atoms in total. The number of hydrogen-bond acceptors (Lipinski definition) is 4. The van der Waals surface area contributed by atoms with Crippen molar-refractivity contribution >= 4 is 23.6 Å². The van der Waals surface area contributed by atoms with Crippen molar-refractivity contribution in [1.29, 1.82) is 0 Å². The van der Waals surface area contributed by atoms with Crippen molar-refractivity contribution < 1.29 is 19.1 Å². The molecule has 1 heterocycles. The number of carbonyl (C=O) groups is 2. The maximum absolute atomic E-state index is 11.9. The number of benzene rings is 1. The van der Waals surface area contributed by atoms with Crippen LogP contribution in [0.15, 0.2) is 45.7 Å². The largest absolute Gasteiger partial charge is 0.475 e. The first-order chi connectivity index (χ1) is 11.3. The fourth-order valence-electron chi connectivity index (χ4n) is 2.02. The predicted molar refractivity (Wildman–Crippen MR) is 93.4 cm³/mol. The summed E-state index contributed by atoms with van der Waals surface area (Å²) in [4.78, 5) is 23.6. The van der Waals surface area contributed by atoms with Gasteiger partial charge in [-0.1, -0.05) is 32.9 Å². The summed E-state index contributed by atoms with van der Waals surface area (Å²) in [6.45, 7) is 6.66. The van der Waals surface area contributed by atoms with Crippen LogP contribution in [0.25, 0.3) is 0 Å². The van der Waals surface area contributed by atoms with E-state index in [0.717, 1.165) is 4.90 Å². The zero-order valence-electron chi connectivity index (χ0n) is 14.0. The van der Waals surface area contributed by atoms with E-state index < -0.39 is 5.97 Å². The maximum atomic E-state index is 11.9. The zero-order valence-corrected chi connectivity index (χ0v) is 14.8. The molecule has 0 aliphatic rings. The van der Waals surface area contributed by atoms with Crippen LogP contribution in [0, 0.1) is 0 Å². The van der Waals surface area contributed by atoms with Gasteiger partial charge in [-0.05, 0) is 35.2 Å². The van der Waals surface area contributed by atoms with Gasteiger partial charge in [-0.15, -0.1) is 11.8 Å². The van der Waals surface area contributed by atoms with E-state index in [-0.39, 0.29) is 23.6 Å². The Balaban J connectivity index is 1.79. The summed E-state index contributed by atoms with van der Waals surface area (Å²) in [6.07, 6.45) is 0. The minimum atomic E-state index is -1.12. The highest BCUT2D eigenvalue weighted by Crippen LogP contribution is 2.25. The number of carbonyl (C=O) groups excluding carboxylic acids is 1. The summed E-state index contributed by atoms with van der Waals surface area (Å²) < 4.78 is 5.08. The molecule has 0 saturated heterocycles. The van der Waals surface area contributed by atoms with Crippen LogP contribution in [0.3, 0.4) is 0 Å². The molecule has 2 N–H and O–H groups in total. The molecule has 0 fully saturated rings. The zero-order chi connectivity index (χ0) is 17.7. The third kappa shape index (κ3) is 5.16. The second-order valence-corrected chi connectivity index (χ2v) is 7.46. The highest BCUT2D eigenvalue weighted by atomic mass is 32.2. The summed E-state index contributed by atoms with van der Waals surface area (Å²) in [7, 11) is 0. The van der Waals surface area contributed by atoms with Gasteiger partial charge in [0.15, 0.2) is 0 Å². The first kappa shape index (κ1) is 18.1. The molecule has 128 valence electrons. The summed E-state index contributed by atoms with van der Waals surface area (Å²) in [5.41, 5.74) is 1.36. The average Bonchev–Trinajstić information content (AvgIpc) is 3.00. The first-order valence-corrected chi connectivity index (χ1v) is 8.56. The molecule has 0 atom stereocenters. The average molecular weight is 347 g/mol. The van der Waals surface area contributed by atoms with E-state index in [2.05, 4.69) is 38.2 Å². The highest BCUT2D eigenvalue weighted by molar-refractivity contribution is 8.00. The number of rotatable bonds is 6. The number of carboxylic acid groups (broad SMARTS) is 1. The highest BCUT2D eigenvalue weighted by Gasteiger charge is 2.13. The van der Waals surface area contributed by atoms with Crippen LogP contribution in [0.2, 0.25) is 0 Å². The molecule has 1 amide bonds. The predicted octanol–water partition coefficient (Wildman–Crippen LogP) is 3.68. The number of hydrogen-bond donors (Lipinski definition) is 2. The van der Waals surface area contributed by atoms with Gasteiger partial charge in [-0.3, -0.25) is 4.79 Å². The molecule has 0 unspecified atom stereocenters. The van der Waals surface area contributed by atoms with Gasteiger partial charge in [0.1, 0.15) is 5.76 Å². The van der Waals surface area contributed by atoms with Crippen LogP contribution in [-0.4, -0.2) is 22.7 Å². The molecule has 0 saturated carbocycles. The van der Waals surface area contributed by atoms with E-state index >= 15 is 0 Å². The molecular weight excluding hydrogens is 326 g/mol. The Labute approximate surface area is 145 Å². The molecular formula is C18H21NO4S. The molecule has 24 heavy (non-hydrogen) atoms. The SMILES string of the molecule is CC(C)(C)c1ccc(SCC(=O)NCc2ccc(C(=O)O)o2)cc1. The van der Waals surface area contributed by atoms with E-state index in [1.54, 1.807) is 6.07 Å². The summed E-state index contributed by atoms with van der Waals surface area (Å²) in [5, 5.41) is 11.5. The van der Waals surface area contributed by atoms with Crippen LogP contribution in [0.5, 0.6) is 0 Å². The second kappa shape index (κ2) is 7.57. The number of carboxylic acids is 1. The lowest BCUT2D eigenvalue weighted by atomic mass is 9.87. The number of thioether (sulfide) groups is 1. The Kier molecular flexibility index (Phi) is 5.72. The smallest absolute Gasteiger partial charge is 0.371 e. The van der Waals surface area contributed by atoms with Gasteiger partial charge in [0.2, 0.25) is 11.7 Å². The van der Waals surface area contributed by atoms with Crippen LogP contribution in [0.1, 0.15) is 42.6 Å². The third-order valence-electron chi connectivity index (χ3n) is 3.42. The summed E-state index contributed by atoms with van der Waals surface area (Å²) in [6, 6.07) is 11.1. The first-order valence-electron chi connectivity index (χ1n) is 7.58. The fraction of sp³-hybridized carbons (Fsp3) is 0.333. The maximum Gasteiger partial charge on any atom is 0.371 e. The van der Waals surface area contributed by atoms with Gasteiger partial charge in [-0.25, -0.2) is 4.79 Å². The van der Waals surface area contributed by atoms with Crippen molar-refractivity contribution in [3.63, 3.8) is 0 Å². The Hall–Kier alpha value is -2.21. The van der Waals surface area contributed by atoms with Crippen LogP contribution < -0.4 is 5.32 Å². The van der Waals surface area contributed by atoms with E-state index in [4.69, 9.17) is 9.52 Å². The van der Waals surface area contributed by atoms with Gasteiger partial charge in [0.05, 0.1) is 12.3 Å². The molecule has 0 aliphatic carbocycles. The number of nitrogens with one attached hydrogen (secondary N) is 1. The van der Waals surface area contributed by atoms with Gasteiger partial charge >= 0.3 is 5.97 Å². The summed E-state index contributed by atoms with van der Waals surface area (Å²) in [5.74, 6) is -0.677. The van der Waals surface area contributed by atoms with Crippen LogP contribution in [-0.2, 0) is 16.8 Å². The topological polar surface area (TPSA) is 79.5 Å². The molecule has 2 rings (SSSR count). The molecule has 1 aromatic heterocycles. The molecule has 0 aliphatic heterocycles. The number of aromatic carboxylic acids is 1. The lowest BCUT2D eigenvalue weighted by Gasteiger charge is -2.19. The molecule has 1 aromatic carbocycles. The fourth-order valence-corrected chi connectivity index (χ4v) is 2.75. The Morgan fingerprint density at radius 1 is 1.12 bits per heavy atom. The van der Waals surface area contributed by atoms with E-state index in [1.165, 1.54) is 23.4 Å². The summed E-state index contributed by atoms with van der Waals surface area (Å²) >= 11 is 1.46. The third-order valence-corrected chi connectivity index (χ3v) is 4.43. The van der Waals surface area contributed by atoms with E-state index in [1.807, 2.05) is 12.1 Å². The van der Waals surface area contributed by atoms with Gasteiger partial charge in [0.25, 0.3) is 0 Å². The van der Waals surface area contributed by atoms with Gasteiger partial charge < -0.3 is 14.8 Å².